The third-order valence-electron chi connectivity index (χ3n) is 6.18. The standard InChI is InChI=1S/C17H23FN6O2/c18-17(4-5-17)16(26)23-7-6-22-8-9-24-13(12(22)10-23)20-21-14(24)15(25)19-11-2-1-3-11/h11-12H,1-10H2,(H,19,25)/t12-/m0/s1. The van der Waals surface area contributed by atoms with Crippen LogP contribution in [0.5, 0.6) is 0 Å². The quantitative estimate of drug-likeness (QED) is 0.834. The van der Waals surface area contributed by atoms with Crippen molar-refractivity contribution in [3.63, 3.8) is 0 Å². The molecule has 2 aliphatic heterocycles. The minimum absolute atomic E-state index is 0.124. The van der Waals surface area contributed by atoms with Gasteiger partial charge in [0.05, 0.1) is 6.04 Å². The molecule has 5 rings (SSSR count). The molecule has 1 atom stereocenters. The average Bonchev–Trinajstić information content (AvgIpc) is 3.21. The van der Waals surface area contributed by atoms with Crippen molar-refractivity contribution in [2.24, 2.45) is 0 Å². The lowest BCUT2D eigenvalue weighted by Crippen LogP contribution is -2.55. The lowest BCUT2D eigenvalue weighted by atomic mass is 9.93. The second-order valence-electron chi connectivity index (χ2n) is 7.90. The fraction of sp³-hybridized carbons (Fsp3) is 0.765. The number of piperazine rings is 1. The number of carbonyl (C=O) groups is 2. The first kappa shape index (κ1) is 16.2. The summed E-state index contributed by atoms with van der Waals surface area (Å²) >= 11 is 0. The molecule has 0 spiro atoms. The summed E-state index contributed by atoms with van der Waals surface area (Å²) in [7, 11) is 0. The van der Waals surface area contributed by atoms with E-state index in [0.29, 0.717) is 50.7 Å². The molecule has 0 unspecified atom stereocenters. The predicted octanol–water partition coefficient (Wildman–Crippen LogP) is 0.261. The maximum absolute atomic E-state index is 14.2. The first-order valence-electron chi connectivity index (χ1n) is 9.51. The Kier molecular flexibility index (Phi) is 3.57. The minimum atomic E-state index is -1.64. The summed E-state index contributed by atoms with van der Waals surface area (Å²) in [5, 5.41) is 11.4. The molecule has 9 heteroatoms. The van der Waals surface area contributed by atoms with E-state index in [1.165, 1.54) is 0 Å². The van der Waals surface area contributed by atoms with Crippen LogP contribution in [0.25, 0.3) is 0 Å². The van der Waals surface area contributed by atoms with Crippen LogP contribution in [0.4, 0.5) is 4.39 Å². The van der Waals surface area contributed by atoms with Crippen LogP contribution in [0, 0.1) is 0 Å². The van der Waals surface area contributed by atoms with E-state index in [1.807, 2.05) is 4.57 Å². The molecule has 0 aromatic carbocycles. The van der Waals surface area contributed by atoms with Gasteiger partial charge in [0.25, 0.3) is 11.8 Å². The number of fused-ring (bicyclic) bond motifs is 3. The molecule has 1 aromatic heterocycles. The fourth-order valence-corrected chi connectivity index (χ4v) is 4.11. The van der Waals surface area contributed by atoms with Gasteiger partial charge in [0.1, 0.15) is 0 Å². The van der Waals surface area contributed by atoms with E-state index >= 15 is 0 Å². The number of halogens is 1. The van der Waals surface area contributed by atoms with Gasteiger partial charge in [0.2, 0.25) is 5.82 Å². The van der Waals surface area contributed by atoms with Gasteiger partial charge in [-0.2, -0.15) is 0 Å². The number of hydrogen-bond donors (Lipinski definition) is 1. The van der Waals surface area contributed by atoms with Crippen LogP contribution in [0.15, 0.2) is 0 Å². The molecule has 8 nitrogen and oxygen atoms in total. The maximum Gasteiger partial charge on any atom is 0.289 e. The Morgan fingerprint density at radius 1 is 1.12 bits per heavy atom. The highest BCUT2D eigenvalue weighted by atomic mass is 19.1. The average molecular weight is 362 g/mol. The molecule has 26 heavy (non-hydrogen) atoms. The lowest BCUT2D eigenvalue weighted by molar-refractivity contribution is -0.141. The first-order valence-corrected chi connectivity index (χ1v) is 9.51. The summed E-state index contributed by atoms with van der Waals surface area (Å²) < 4.78 is 16.0. The molecular weight excluding hydrogens is 339 g/mol. The number of rotatable bonds is 3. The molecule has 140 valence electrons. The van der Waals surface area contributed by atoms with Crippen molar-refractivity contribution in [1.82, 2.24) is 29.9 Å². The third-order valence-corrected chi connectivity index (χ3v) is 6.18. The normalized spacial score (nSPS) is 27.3. The van der Waals surface area contributed by atoms with Crippen LogP contribution in [0.1, 0.15) is 54.6 Å². The van der Waals surface area contributed by atoms with Crippen LogP contribution in [-0.2, 0) is 11.3 Å². The molecule has 1 aromatic rings. The van der Waals surface area contributed by atoms with Crippen molar-refractivity contribution in [2.75, 3.05) is 26.2 Å². The molecule has 4 aliphatic rings. The Hall–Kier alpha value is -2.03. The summed E-state index contributed by atoms with van der Waals surface area (Å²) in [4.78, 5) is 28.7. The molecular formula is C17H23FN6O2. The zero-order valence-electron chi connectivity index (χ0n) is 14.7. The van der Waals surface area contributed by atoms with Gasteiger partial charge >= 0.3 is 0 Å². The number of carbonyl (C=O) groups excluding carboxylic acids is 2. The topological polar surface area (TPSA) is 83.4 Å². The second-order valence-corrected chi connectivity index (χ2v) is 7.90. The SMILES string of the molecule is O=C(NC1CCC1)c1nnc2n1CCN1CCN(C(=O)C3(F)CC3)C[C@@H]21. The summed E-state index contributed by atoms with van der Waals surface area (Å²) in [6.45, 7) is 3.09. The van der Waals surface area contributed by atoms with Gasteiger partial charge in [0.15, 0.2) is 11.5 Å². The Balaban J connectivity index is 1.35. The van der Waals surface area contributed by atoms with Gasteiger partial charge in [0, 0.05) is 38.8 Å². The largest absolute Gasteiger partial charge is 0.347 e. The summed E-state index contributed by atoms with van der Waals surface area (Å²) in [6.07, 6.45) is 3.85. The number of aromatic nitrogens is 3. The number of nitrogens with one attached hydrogen (secondary N) is 1. The molecule has 0 bridgehead atoms. The molecule has 2 amide bonds. The Morgan fingerprint density at radius 3 is 2.58 bits per heavy atom. The van der Waals surface area contributed by atoms with Gasteiger partial charge in [-0.25, -0.2) is 4.39 Å². The van der Waals surface area contributed by atoms with Crippen LogP contribution < -0.4 is 5.32 Å². The zero-order chi connectivity index (χ0) is 17.9. The molecule has 3 fully saturated rings. The Bertz CT molecular complexity index is 756. The molecule has 2 saturated carbocycles. The van der Waals surface area contributed by atoms with E-state index in [9.17, 15) is 14.0 Å². The van der Waals surface area contributed by atoms with Gasteiger partial charge < -0.3 is 14.8 Å². The fourth-order valence-electron chi connectivity index (χ4n) is 4.11. The third kappa shape index (κ3) is 2.52. The minimum Gasteiger partial charge on any atom is -0.347 e. The van der Waals surface area contributed by atoms with Gasteiger partial charge in [-0.05, 0) is 32.1 Å². The van der Waals surface area contributed by atoms with Crippen molar-refractivity contribution in [3.8, 4) is 0 Å². The van der Waals surface area contributed by atoms with Gasteiger partial charge in [-0.15, -0.1) is 10.2 Å². The number of hydrogen-bond acceptors (Lipinski definition) is 5. The van der Waals surface area contributed by atoms with Crippen molar-refractivity contribution in [1.29, 1.82) is 0 Å². The molecule has 2 aliphatic carbocycles. The molecule has 1 saturated heterocycles. The second kappa shape index (κ2) is 5.73. The van der Waals surface area contributed by atoms with E-state index in [4.69, 9.17) is 0 Å². The lowest BCUT2D eigenvalue weighted by Gasteiger charge is -2.43. The van der Waals surface area contributed by atoms with Crippen LogP contribution in [-0.4, -0.2) is 74.3 Å². The van der Waals surface area contributed by atoms with Crippen molar-refractivity contribution >= 4 is 11.8 Å². The molecule has 1 N–H and O–H groups in total. The number of alkyl halides is 1. The van der Waals surface area contributed by atoms with Gasteiger partial charge in [-0.3, -0.25) is 14.5 Å². The van der Waals surface area contributed by atoms with Crippen molar-refractivity contribution in [2.45, 2.75) is 56.4 Å². The number of amides is 2. The highest BCUT2D eigenvalue weighted by Crippen LogP contribution is 2.42. The first-order chi connectivity index (χ1) is 12.5. The van der Waals surface area contributed by atoms with Crippen LogP contribution >= 0.6 is 0 Å². The Morgan fingerprint density at radius 2 is 1.88 bits per heavy atom. The number of nitrogens with zero attached hydrogens (tertiary/aromatic N) is 5. The zero-order valence-corrected chi connectivity index (χ0v) is 14.7. The predicted molar refractivity (Wildman–Crippen MR) is 89.1 cm³/mol. The highest BCUT2D eigenvalue weighted by molar-refractivity contribution is 5.91. The van der Waals surface area contributed by atoms with E-state index < -0.39 is 11.6 Å². The molecule has 3 heterocycles. The van der Waals surface area contributed by atoms with Crippen LogP contribution in [0.2, 0.25) is 0 Å². The monoisotopic (exact) mass is 362 g/mol. The Labute approximate surface area is 150 Å². The summed E-state index contributed by atoms with van der Waals surface area (Å²) in [5.41, 5.74) is -1.64. The summed E-state index contributed by atoms with van der Waals surface area (Å²) in [6, 6.07) is 0.124. The van der Waals surface area contributed by atoms with E-state index in [2.05, 4.69) is 20.4 Å². The van der Waals surface area contributed by atoms with E-state index in [0.717, 1.165) is 25.8 Å². The van der Waals surface area contributed by atoms with Crippen LogP contribution in [0.3, 0.4) is 0 Å². The highest BCUT2D eigenvalue weighted by Gasteiger charge is 2.54. The van der Waals surface area contributed by atoms with Crippen molar-refractivity contribution < 1.29 is 14.0 Å². The van der Waals surface area contributed by atoms with Crippen molar-refractivity contribution in [3.05, 3.63) is 11.6 Å². The van der Waals surface area contributed by atoms with E-state index in [-0.39, 0.29) is 18.0 Å². The summed E-state index contributed by atoms with van der Waals surface area (Å²) in [5.74, 6) is 0.485. The smallest absolute Gasteiger partial charge is 0.289 e. The van der Waals surface area contributed by atoms with Gasteiger partial charge in [-0.1, -0.05) is 0 Å². The molecule has 0 radical (unpaired) electrons. The van der Waals surface area contributed by atoms with E-state index in [1.54, 1.807) is 4.90 Å². The maximum atomic E-state index is 14.2.